The van der Waals surface area contributed by atoms with Crippen LogP contribution in [0.2, 0.25) is 0 Å². The lowest BCUT2D eigenvalue weighted by atomic mass is 10.1. The molecule has 2 fully saturated rings. The zero-order valence-corrected chi connectivity index (χ0v) is 13.7. The fourth-order valence-electron chi connectivity index (χ4n) is 3.32. The first-order valence-electron chi connectivity index (χ1n) is 8.11. The highest BCUT2D eigenvalue weighted by Crippen LogP contribution is 2.28. The number of halogens is 1. The van der Waals surface area contributed by atoms with E-state index in [1.807, 2.05) is 0 Å². The Morgan fingerprint density at radius 2 is 1.92 bits per heavy atom. The highest BCUT2D eigenvalue weighted by atomic mass is 19.1. The van der Waals surface area contributed by atoms with Crippen molar-refractivity contribution in [1.29, 1.82) is 0 Å². The van der Waals surface area contributed by atoms with Crippen molar-refractivity contribution < 1.29 is 28.6 Å². The topological polar surface area (TPSA) is 87.2 Å². The molecule has 25 heavy (non-hydrogen) atoms. The summed E-state index contributed by atoms with van der Waals surface area (Å²) in [6, 6.07) is 5.28. The number of nitrogens with zero attached hydrogens (tertiary/aromatic N) is 2. The molecular formula is C17H19FN2O5. The van der Waals surface area contributed by atoms with Gasteiger partial charge in [-0.3, -0.25) is 9.59 Å². The van der Waals surface area contributed by atoms with Gasteiger partial charge in [-0.1, -0.05) is 12.1 Å². The molecule has 0 bridgehead atoms. The number of hydrogen-bond acceptors (Lipinski definition) is 4. The number of likely N-dealkylation sites (N-methyl/N-ethyl adjacent to an activating group) is 1. The fraction of sp³-hybridized carbons (Fsp3) is 0.471. The van der Waals surface area contributed by atoms with E-state index in [9.17, 15) is 18.8 Å². The second kappa shape index (κ2) is 6.79. The summed E-state index contributed by atoms with van der Waals surface area (Å²) in [5.41, 5.74) is 0.193. The van der Waals surface area contributed by atoms with Crippen molar-refractivity contribution in [3.63, 3.8) is 0 Å². The van der Waals surface area contributed by atoms with E-state index in [-0.39, 0.29) is 18.0 Å². The number of para-hydroxylation sites is 1. The van der Waals surface area contributed by atoms with Gasteiger partial charge in [-0.25, -0.2) is 9.18 Å². The molecule has 3 rings (SSSR count). The summed E-state index contributed by atoms with van der Waals surface area (Å²) in [7, 11) is 1.49. The molecule has 0 saturated carbocycles. The summed E-state index contributed by atoms with van der Waals surface area (Å²) in [5, 5.41) is 8.95. The number of hydrogen-bond donors (Lipinski definition) is 1. The molecule has 7 nitrogen and oxygen atoms in total. The van der Waals surface area contributed by atoms with Gasteiger partial charge >= 0.3 is 5.97 Å². The van der Waals surface area contributed by atoms with Crippen LogP contribution in [0.25, 0.3) is 0 Å². The van der Waals surface area contributed by atoms with E-state index in [0.717, 1.165) is 0 Å². The van der Waals surface area contributed by atoms with E-state index in [2.05, 4.69) is 0 Å². The van der Waals surface area contributed by atoms with Gasteiger partial charge in [0.25, 0.3) is 5.91 Å². The fourth-order valence-corrected chi connectivity index (χ4v) is 3.32. The lowest BCUT2D eigenvalue weighted by molar-refractivity contribution is -0.156. The van der Waals surface area contributed by atoms with Crippen molar-refractivity contribution in [3.8, 4) is 0 Å². The summed E-state index contributed by atoms with van der Waals surface area (Å²) in [6.45, 7) is 0.311. The third-order valence-electron chi connectivity index (χ3n) is 4.71. The Labute approximate surface area is 144 Å². The van der Waals surface area contributed by atoms with Gasteiger partial charge in [0.15, 0.2) is 6.10 Å². The molecule has 0 spiro atoms. The Morgan fingerprint density at radius 1 is 1.24 bits per heavy atom. The molecule has 1 aromatic rings. The van der Waals surface area contributed by atoms with Crippen LogP contribution in [0.3, 0.4) is 0 Å². The van der Waals surface area contributed by atoms with Crippen LogP contribution < -0.4 is 4.90 Å². The van der Waals surface area contributed by atoms with E-state index in [0.29, 0.717) is 19.4 Å². The molecule has 2 heterocycles. The molecule has 1 aromatic carbocycles. The van der Waals surface area contributed by atoms with Gasteiger partial charge in [0.05, 0.1) is 5.69 Å². The zero-order valence-electron chi connectivity index (χ0n) is 13.7. The lowest BCUT2D eigenvalue weighted by Gasteiger charge is -2.26. The molecule has 0 aliphatic carbocycles. The zero-order chi connectivity index (χ0) is 18.1. The molecule has 1 unspecified atom stereocenters. The molecule has 134 valence electrons. The maximum Gasteiger partial charge on any atom is 0.332 e. The maximum absolute atomic E-state index is 13.9. The Balaban J connectivity index is 1.68. The molecule has 2 aliphatic heterocycles. The highest BCUT2D eigenvalue weighted by Gasteiger charge is 2.42. The number of aliphatic carboxylic acids is 1. The molecule has 2 saturated heterocycles. The summed E-state index contributed by atoms with van der Waals surface area (Å²) < 4.78 is 19.2. The second-order valence-corrected chi connectivity index (χ2v) is 6.22. The SMILES string of the molecule is CN(C(=O)[C@@H]1CC[C@H](C(=O)O)O1)C1CCN(c2ccccc2F)C1=O. The van der Waals surface area contributed by atoms with E-state index >= 15 is 0 Å². The number of carboxylic acids is 1. The van der Waals surface area contributed by atoms with Crippen LogP contribution in [-0.2, 0) is 19.1 Å². The average molecular weight is 350 g/mol. The monoisotopic (exact) mass is 350 g/mol. The Kier molecular flexibility index (Phi) is 4.71. The molecule has 2 amide bonds. The number of anilines is 1. The Morgan fingerprint density at radius 3 is 2.56 bits per heavy atom. The standard InChI is InChI=1S/C17H19FN2O5/c1-19(16(22)13-6-7-14(25-13)17(23)24)12-8-9-20(15(12)21)11-5-3-2-4-10(11)18/h2-5,12-14H,6-9H2,1H3,(H,23,24)/t12?,13-,14+/m0/s1. The number of rotatable bonds is 4. The summed E-state index contributed by atoms with van der Waals surface area (Å²) in [5.74, 6) is -2.36. The van der Waals surface area contributed by atoms with Crippen molar-refractivity contribution in [2.24, 2.45) is 0 Å². The van der Waals surface area contributed by atoms with Crippen LogP contribution in [0.1, 0.15) is 19.3 Å². The van der Waals surface area contributed by atoms with Crippen LogP contribution in [-0.4, -0.2) is 59.6 Å². The first kappa shape index (κ1) is 17.3. The van der Waals surface area contributed by atoms with Gasteiger partial charge in [0, 0.05) is 13.6 Å². The van der Waals surface area contributed by atoms with Gasteiger partial charge in [-0.15, -0.1) is 0 Å². The predicted molar refractivity (Wildman–Crippen MR) is 85.5 cm³/mol. The number of benzene rings is 1. The third kappa shape index (κ3) is 3.21. The lowest BCUT2D eigenvalue weighted by Crippen LogP contribution is -2.47. The van der Waals surface area contributed by atoms with Gasteiger partial charge in [0.2, 0.25) is 5.91 Å². The van der Waals surface area contributed by atoms with Crippen LogP contribution in [0.15, 0.2) is 24.3 Å². The number of ether oxygens (including phenoxy) is 1. The second-order valence-electron chi connectivity index (χ2n) is 6.22. The quantitative estimate of drug-likeness (QED) is 0.876. The molecule has 8 heteroatoms. The molecular weight excluding hydrogens is 331 g/mol. The largest absolute Gasteiger partial charge is 0.479 e. The van der Waals surface area contributed by atoms with Crippen molar-refractivity contribution in [2.75, 3.05) is 18.5 Å². The van der Waals surface area contributed by atoms with Crippen molar-refractivity contribution in [3.05, 3.63) is 30.1 Å². The van der Waals surface area contributed by atoms with Crippen LogP contribution in [0.5, 0.6) is 0 Å². The molecule has 0 radical (unpaired) electrons. The minimum atomic E-state index is -1.10. The number of carbonyl (C=O) groups is 3. The van der Waals surface area contributed by atoms with Crippen molar-refractivity contribution >= 4 is 23.5 Å². The maximum atomic E-state index is 13.9. The highest BCUT2D eigenvalue weighted by molar-refractivity contribution is 6.01. The Hall–Kier alpha value is -2.48. The first-order valence-corrected chi connectivity index (χ1v) is 8.11. The summed E-state index contributed by atoms with van der Waals surface area (Å²) in [4.78, 5) is 38.7. The van der Waals surface area contributed by atoms with E-state index in [1.165, 1.54) is 29.0 Å². The molecule has 3 atom stereocenters. The first-order chi connectivity index (χ1) is 11.9. The van der Waals surface area contributed by atoms with Crippen LogP contribution in [0.4, 0.5) is 10.1 Å². The van der Waals surface area contributed by atoms with E-state index in [4.69, 9.17) is 9.84 Å². The molecule has 2 aliphatic rings. The van der Waals surface area contributed by atoms with Crippen LogP contribution >= 0.6 is 0 Å². The number of carboxylic acid groups (broad SMARTS) is 1. The normalized spacial score (nSPS) is 26.1. The van der Waals surface area contributed by atoms with E-state index in [1.54, 1.807) is 12.1 Å². The smallest absolute Gasteiger partial charge is 0.332 e. The van der Waals surface area contributed by atoms with Gasteiger partial charge < -0.3 is 19.6 Å². The third-order valence-corrected chi connectivity index (χ3v) is 4.71. The summed E-state index contributed by atoms with van der Waals surface area (Å²) >= 11 is 0. The van der Waals surface area contributed by atoms with Gasteiger partial charge in [0.1, 0.15) is 18.0 Å². The van der Waals surface area contributed by atoms with E-state index < -0.39 is 35.9 Å². The minimum absolute atomic E-state index is 0.193. The number of amides is 2. The van der Waals surface area contributed by atoms with Crippen LogP contribution in [0, 0.1) is 5.82 Å². The minimum Gasteiger partial charge on any atom is -0.479 e. The number of carbonyl (C=O) groups excluding carboxylic acids is 2. The molecule has 0 aromatic heterocycles. The molecule has 1 N–H and O–H groups in total. The Bertz CT molecular complexity index is 710. The predicted octanol–water partition coefficient (Wildman–Crippen LogP) is 1.02. The van der Waals surface area contributed by atoms with Gasteiger partial charge in [-0.2, -0.15) is 0 Å². The van der Waals surface area contributed by atoms with Crippen molar-refractivity contribution in [2.45, 2.75) is 37.5 Å². The van der Waals surface area contributed by atoms with Crippen molar-refractivity contribution in [1.82, 2.24) is 4.90 Å². The average Bonchev–Trinajstić information content (AvgIpc) is 3.21. The summed E-state index contributed by atoms with van der Waals surface area (Å²) in [6.07, 6.45) is -0.903. The van der Waals surface area contributed by atoms with Gasteiger partial charge in [-0.05, 0) is 31.4 Å².